The van der Waals surface area contributed by atoms with Crippen LogP contribution in [-0.2, 0) is 0 Å². The van der Waals surface area contributed by atoms with Gasteiger partial charge in [0.1, 0.15) is 0 Å². The van der Waals surface area contributed by atoms with E-state index in [0.29, 0.717) is 17.4 Å². The van der Waals surface area contributed by atoms with Crippen molar-refractivity contribution in [1.82, 2.24) is 0 Å². The van der Waals surface area contributed by atoms with E-state index in [1.54, 1.807) is 0 Å². The van der Waals surface area contributed by atoms with Gasteiger partial charge in [0.25, 0.3) is 5.69 Å². The number of ether oxygens (including phenoxy) is 1. The van der Waals surface area contributed by atoms with Crippen LogP contribution in [0.3, 0.4) is 0 Å². The molecular weight excluding hydrogens is 351 g/mol. The van der Waals surface area contributed by atoms with E-state index >= 15 is 0 Å². The second kappa shape index (κ2) is 5.49. The maximum atomic E-state index is 12.4. The number of alkyl halides is 3. The fraction of sp³-hybridized carbons (Fsp3) is 0.111. The zero-order valence-electron chi connectivity index (χ0n) is 10.1. The van der Waals surface area contributed by atoms with Gasteiger partial charge in [-0.1, -0.05) is 0 Å². The van der Waals surface area contributed by atoms with Crippen LogP contribution in [0.15, 0.2) is 17.0 Å². The molecule has 0 bridgehead atoms. The summed E-state index contributed by atoms with van der Waals surface area (Å²) in [4.78, 5) is 20.1. The molecule has 1 aromatic carbocycles. The molecule has 1 heterocycles. The molecule has 0 saturated heterocycles. The molecule has 0 aliphatic heterocycles. The molecule has 0 unspecified atom stereocenters. The number of nitro groups is 1. The van der Waals surface area contributed by atoms with Crippen molar-refractivity contribution in [3.8, 4) is 5.19 Å². The van der Waals surface area contributed by atoms with Crippen molar-refractivity contribution in [1.29, 1.82) is 0 Å². The van der Waals surface area contributed by atoms with Gasteiger partial charge in [0, 0.05) is 17.0 Å². The summed E-state index contributed by atoms with van der Waals surface area (Å²) in [5.74, 6) is 0. The smallest absolute Gasteiger partial charge is 0.452 e. The number of fused-ring (bicyclic) bond motifs is 1. The number of primary amides is 1. The quantitative estimate of drug-likeness (QED) is 0.297. The van der Waals surface area contributed by atoms with Gasteiger partial charge in [-0.05, 0) is 23.1 Å². The first-order chi connectivity index (χ1) is 10.1. The molecule has 0 aliphatic carbocycles. The van der Waals surface area contributed by atoms with Gasteiger partial charge in [-0.25, -0.2) is 4.79 Å². The highest BCUT2D eigenvalue weighted by Gasteiger charge is 2.33. The number of halogens is 3. The van der Waals surface area contributed by atoms with Crippen LogP contribution in [0.25, 0.3) is 10.2 Å². The van der Waals surface area contributed by atoms with Gasteiger partial charge < -0.3 is 15.7 Å². The van der Waals surface area contributed by atoms with Crippen LogP contribution in [0.4, 0.5) is 23.7 Å². The minimum absolute atomic E-state index is 0.0296. The van der Waals surface area contributed by atoms with E-state index in [2.05, 4.69) is 4.74 Å². The number of hydrogen-bond acceptors (Lipinski definition) is 7. The van der Waals surface area contributed by atoms with Crippen LogP contribution < -0.4 is 15.2 Å². The second-order valence-electron chi connectivity index (χ2n) is 3.68. The molecule has 0 fully saturated rings. The number of thioether (sulfide) groups is 1. The highest BCUT2D eigenvalue weighted by atomic mass is 32.2. The molecule has 1 amide bonds. The van der Waals surface area contributed by atoms with E-state index in [1.807, 2.05) is 0 Å². The fourth-order valence-corrected chi connectivity index (χ4v) is 3.11. The molecule has 0 aliphatic rings. The Balaban J connectivity index is 2.66. The van der Waals surface area contributed by atoms with Crippen LogP contribution >= 0.6 is 23.1 Å². The number of nitrogens with two attached hydrogens (primary N) is 1. The topological polar surface area (TPSA) is 122 Å². The van der Waals surface area contributed by atoms with Crippen LogP contribution in [-0.4, -0.2) is 16.5 Å². The Morgan fingerprint density at radius 2 is 2.09 bits per heavy atom. The van der Waals surface area contributed by atoms with Crippen molar-refractivity contribution in [3.63, 3.8) is 0 Å². The molecule has 13 heteroatoms. The Labute approximate surface area is 127 Å². The van der Waals surface area contributed by atoms with Crippen LogP contribution in [0.1, 0.15) is 0 Å². The third-order valence-electron chi connectivity index (χ3n) is 2.22. The number of nitrogens with zero attached hydrogens (tertiary/aromatic N) is 2. The molecule has 22 heavy (non-hydrogen) atoms. The van der Waals surface area contributed by atoms with E-state index in [9.17, 15) is 33.3 Å². The Morgan fingerprint density at radius 3 is 2.59 bits per heavy atom. The number of carbonyl (C=O) groups excluding carboxylic acids is 1. The summed E-state index contributed by atoms with van der Waals surface area (Å²) in [6.07, 6.45) is -1.33. The van der Waals surface area contributed by atoms with Gasteiger partial charge in [-0.3, -0.25) is 10.1 Å². The van der Waals surface area contributed by atoms with Gasteiger partial charge in [0.15, 0.2) is 4.70 Å². The van der Waals surface area contributed by atoms with Gasteiger partial charge in [-0.2, -0.15) is 13.2 Å². The van der Waals surface area contributed by atoms with Gasteiger partial charge >= 0.3 is 16.8 Å². The molecule has 0 atom stereocenters. The highest BCUT2D eigenvalue weighted by Crippen LogP contribution is 2.42. The molecule has 2 rings (SSSR count). The number of rotatable bonds is 3. The number of carbonyl (C=O) groups is 1. The Kier molecular flexibility index (Phi) is 4.02. The van der Waals surface area contributed by atoms with Crippen molar-refractivity contribution in [2.24, 2.45) is 5.73 Å². The number of non-ortho nitro benzene ring substituents is 1. The van der Waals surface area contributed by atoms with Crippen LogP contribution in [0.2, 0.25) is 0 Å². The number of hydrogen-bond donors (Lipinski definition) is 1. The van der Waals surface area contributed by atoms with Gasteiger partial charge in [-0.15, -0.1) is 4.73 Å². The zero-order chi connectivity index (χ0) is 16.7. The van der Waals surface area contributed by atoms with Crippen molar-refractivity contribution in [3.05, 3.63) is 27.5 Å². The lowest BCUT2D eigenvalue weighted by Gasteiger charge is -2.05. The van der Waals surface area contributed by atoms with Crippen LogP contribution in [0, 0.1) is 15.3 Å². The van der Waals surface area contributed by atoms with E-state index in [1.165, 1.54) is 0 Å². The fourth-order valence-electron chi connectivity index (χ4n) is 1.53. The molecule has 2 aromatic rings. The predicted octanol–water partition coefficient (Wildman–Crippen LogP) is 2.51. The minimum Gasteiger partial charge on any atom is -0.615 e. The maximum absolute atomic E-state index is 12.4. The lowest BCUT2D eigenvalue weighted by molar-refractivity contribution is -0.577. The summed E-state index contributed by atoms with van der Waals surface area (Å²) in [5.41, 5.74) is -1.09. The largest absolute Gasteiger partial charge is 0.615 e. The first-order valence-electron chi connectivity index (χ1n) is 5.16. The molecule has 0 saturated carbocycles. The lowest BCUT2D eigenvalue weighted by Crippen LogP contribution is -2.30. The summed E-state index contributed by atoms with van der Waals surface area (Å²) in [5, 5.41) is 22.2. The minimum atomic E-state index is -4.68. The lowest BCUT2D eigenvalue weighted by atomic mass is 10.3. The number of aromatic nitrogens is 1. The van der Waals surface area contributed by atoms with Crippen LogP contribution in [0.5, 0.6) is 5.19 Å². The highest BCUT2D eigenvalue weighted by molar-refractivity contribution is 8.00. The average Bonchev–Trinajstić information content (AvgIpc) is 2.63. The van der Waals surface area contributed by atoms with E-state index in [0.717, 1.165) is 6.07 Å². The summed E-state index contributed by atoms with van der Waals surface area (Å²) in [7, 11) is 0. The van der Waals surface area contributed by atoms with E-state index in [4.69, 9.17) is 5.73 Å². The third kappa shape index (κ3) is 3.30. The maximum Gasteiger partial charge on any atom is 0.452 e. The molecule has 0 radical (unpaired) electrons. The SMILES string of the molecule is NC(=O)Oc1sc2c([N+](=O)[O-])cc(SC(F)(F)F)cc2[n+]1[O-]. The molecule has 0 spiro atoms. The van der Waals surface area contributed by atoms with Crippen molar-refractivity contribution in [2.45, 2.75) is 10.4 Å². The second-order valence-corrected chi connectivity index (χ2v) is 5.78. The van der Waals surface area contributed by atoms with Crippen molar-refractivity contribution >= 4 is 45.1 Å². The Bertz CT molecular complexity index is 776. The first kappa shape index (κ1) is 16.1. The number of amides is 1. The van der Waals surface area contributed by atoms with Crippen molar-refractivity contribution in [2.75, 3.05) is 0 Å². The number of thiazole rings is 1. The van der Waals surface area contributed by atoms with E-state index in [-0.39, 0.29) is 9.43 Å². The standard InChI is InChI=1S/C9H4F3N3O5S2/c10-9(11,12)22-3-1-4-6(5(2-3)15(18)19)21-8(14(4)17)20-7(13)16/h1-2H,(H2,13,16). The normalized spacial score (nSPS) is 11.6. The molecule has 2 N–H and O–H groups in total. The molecule has 1 aromatic heterocycles. The first-order valence-corrected chi connectivity index (χ1v) is 6.79. The zero-order valence-corrected chi connectivity index (χ0v) is 11.8. The molecular formula is C9H4F3N3O5S2. The average molecular weight is 355 g/mol. The number of nitro benzene ring substituents is 1. The van der Waals surface area contributed by atoms with Crippen molar-refractivity contribution < 1.29 is 32.4 Å². The summed E-state index contributed by atoms with van der Waals surface area (Å²) >= 11 is -0.176. The third-order valence-corrected chi connectivity index (χ3v) is 3.96. The molecule has 118 valence electrons. The Hall–Kier alpha value is -2.28. The summed E-state index contributed by atoms with van der Waals surface area (Å²) in [6.45, 7) is 0. The summed E-state index contributed by atoms with van der Waals surface area (Å²) in [6, 6.07) is 1.50. The van der Waals surface area contributed by atoms with Gasteiger partial charge in [0.05, 0.1) is 4.92 Å². The number of benzene rings is 1. The predicted molar refractivity (Wildman–Crippen MR) is 69.6 cm³/mol. The summed E-state index contributed by atoms with van der Waals surface area (Å²) < 4.78 is 41.2. The van der Waals surface area contributed by atoms with E-state index < -0.39 is 49.6 Å². The monoisotopic (exact) mass is 355 g/mol. The van der Waals surface area contributed by atoms with Gasteiger partial charge in [0.2, 0.25) is 5.52 Å². The molecule has 8 nitrogen and oxygen atoms in total. The Morgan fingerprint density at radius 1 is 1.45 bits per heavy atom.